The molecule has 1 aromatic heterocycles. The topological polar surface area (TPSA) is 40.6 Å². The maximum atomic E-state index is 13.3. The Balaban J connectivity index is 1.99. The Morgan fingerprint density at radius 3 is 2.16 bits per heavy atom. The Labute approximate surface area is 198 Å². The molecule has 0 aliphatic carbocycles. The quantitative estimate of drug-likeness (QED) is 0.284. The van der Waals surface area contributed by atoms with Crippen LogP contribution in [0.4, 0.5) is 0 Å². The molecule has 0 radical (unpaired) electrons. The molecule has 2 rings (SSSR count). The van der Waals surface area contributed by atoms with Crippen LogP contribution in [0.5, 0.6) is 0 Å². The molecule has 0 saturated carbocycles. The number of thiophene rings is 1. The third-order valence-electron chi connectivity index (χ3n) is 5.63. The summed E-state index contributed by atoms with van der Waals surface area (Å²) in [6.45, 7) is 8.30. The van der Waals surface area contributed by atoms with Gasteiger partial charge in [-0.3, -0.25) is 9.59 Å². The minimum absolute atomic E-state index is 0.0182. The number of aryl methyl sites for hydroxylation is 1. The maximum Gasteiger partial charge on any atom is 0.242 e. The van der Waals surface area contributed by atoms with E-state index < -0.39 is 0 Å². The second kappa shape index (κ2) is 14.8. The van der Waals surface area contributed by atoms with Gasteiger partial charge in [0, 0.05) is 29.3 Å². The summed E-state index contributed by atoms with van der Waals surface area (Å²) in [6, 6.07) is 14.3. The van der Waals surface area contributed by atoms with E-state index >= 15 is 0 Å². The minimum Gasteiger partial charge on any atom is -0.333 e. The van der Waals surface area contributed by atoms with E-state index in [0.717, 1.165) is 24.8 Å². The Hall–Kier alpha value is -2.14. The smallest absolute Gasteiger partial charge is 0.242 e. The lowest BCUT2D eigenvalue weighted by Crippen LogP contribution is -2.42. The number of unbranched alkanes of at least 4 members (excludes halogenated alkanes) is 5. The first kappa shape index (κ1) is 26.1. The Morgan fingerprint density at radius 1 is 0.781 bits per heavy atom. The number of nitrogens with zero attached hydrogens (tertiary/aromatic N) is 2. The van der Waals surface area contributed by atoms with Crippen molar-refractivity contribution in [1.82, 2.24) is 9.80 Å². The Kier molecular flexibility index (Phi) is 12.1. The van der Waals surface area contributed by atoms with Crippen molar-refractivity contribution in [3.8, 4) is 0 Å². The standard InChI is InChI=1S/C27H40N2O2S/c1-4-6-7-8-9-13-16-26(30)28(19-5-2)22-27(31)29(20-24-14-11-10-12-15-24)21-25-18-17-23(3)32-25/h10-12,14-15,17-18H,4-9,13,16,19-22H2,1-3H3. The van der Waals surface area contributed by atoms with Crippen LogP contribution in [0, 0.1) is 6.92 Å². The van der Waals surface area contributed by atoms with Gasteiger partial charge in [-0.1, -0.05) is 76.3 Å². The summed E-state index contributed by atoms with van der Waals surface area (Å²) < 4.78 is 0. The van der Waals surface area contributed by atoms with Gasteiger partial charge in [-0.25, -0.2) is 0 Å². The van der Waals surface area contributed by atoms with Gasteiger partial charge in [-0.05, 0) is 37.5 Å². The highest BCUT2D eigenvalue weighted by Crippen LogP contribution is 2.19. The van der Waals surface area contributed by atoms with Crippen LogP contribution < -0.4 is 0 Å². The third kappa shape index (κ3) is 9.56. The molecule has 0 saturated heterocycles. The van der Waals surface area contributed by atoms with Crippen molar-refractivity contribution < 1.29 is 9.59 Å². The van der Waals surface area contributed by atoms with Gasteiger partial charge in [0.25, 0.3) is 0 Å². The molecular formula is C27H40N2O2S. The summed E-state index contributed by atoms with van der Waals surface area (Å²) in [5.74, 6) is 0.131. The van der Waals surface area contributed by atoms with Crippen LogP contribution >= 0.6 is 11.3 Å². The first-order valence-corrected chi connectivity index (χ1v) is 13.0. The average Bonchev–Trinajstić information content (AvgIpc) is 3.20. The van der Waals surface area contributed by atoms with E-state index in [2.05, 4.69) is 32.9 Å². The summed E-state index contributed by atoms with van der Waals surface area (Å²) in [5, 5.41) is 0. The molecule has 2 amide bonds. The van der Waals surface area contributed by atoms with E-state index in [9.17, 15) is 9.59 Å². The van der Waals surface area contributed by atoms with E-state index in [1.807, 2.05) is 35.2 Å². The van der Waals surface area contributed by atoms with Crippen LogP contribution in [-0.2, 0) is 22.7 Å². The molecule has 0 fully saturated rings. The number of amides is 2. The van der Waals surface area contributed by atoms with E-state index in [-0.39, 0.29) is 18.4 Å². The summed E-state index contributed by atoms with van der Waals surface area (Å²) in [4.78, 5) is 32.3. The molecule has 0 aliphatic heterocycles. The number of rotatable bonds is 15. The SMILES string of the molecule is CCCCCCCCC(=O)N(CCC)CC(=O)N(Cc1ccccc1)Cc1ccc(C)s1. The Bertz CT molecular complexity index is 803. The zero-order valence-electron chi connectivity index (χ0n) is 20.1. The van der Waals surface area contributed by atoms with Crippen molar-refractivity contribution in [2.24, 2.45) is 0 Å². The highest BCUT2D eigenvalue weighted by Gasteiger charge is 2.21. The summed E-state index contributed by atoms with van der Waals surface area (Å²) in [6.07, 6.45) is 8.36. The number of carbonyl (C=O) groups excluding carboxylic acids is 2. The van der Waals surface area contributed by atoms with E-state index in [4.69, 9.17) is 0 Å². The molecule has 2 aromatic rings. The first-order chi connectivity index (χ1) is 15.5. The van der Waals surface area contributed by atoms with Crippen LogP contribution in [0.15, 0.2) is 42.5 Å². The van der Waals surface area contributed by atoms with Gasteiger partial charge >= 0.3 is 0 Å². The number of hydrogen-bond donors (Lipinski definition) is 0. The van der Waals surface area contributed by atoms with Crippen LogP contribution in [0.3, 0.4) is 0 Å². The molecule has 0 spiro atoms. The molecule has 1 heterocycles. The molecule has 0 unspecified atom stereocenters. The fourth-order valence-electron chi connectivity index (χ4n) is 3.83. The molecular weight excluding hydrogens is 416 g/mol. The van der Waals surface area contributed by atoms with E-state index in [1.165, 1.54) is 35.4 Å². The fourth-order valence-corrected chi connectivity index (χ4v) is 4.74. The van der Waals surface area contributed by atoms with Crippen molar-refractivity contribution in [3.05, 3.63) is 57.8 Å². The first-order valence-electron chi connectivity index (χ1n) is 12.2. The lowest BCUT2D eigenvalue weighted by Gasteiger charge is -2.27. The molecule has 32 heavy (non-hydrogen) atoms. The van der Waals surface area contributed by atoms with Crippen molar-refractivity contribution in [1.29, 1.82) is 0 Å². The molecule has 1 aromatic carbocycles. The van der Waals surface area contributed by atoms with Gasteiger partial charge in [-0.2, -0.15) is 0 Å². The highest BCUT2D eigenvalue weighted by molar-refractivity contribution is 7.11. The number of benzene rings is 1. The van der Waals surface area contributed by atoms with Gasteiger partial charge in [0.15, 0.2) is 0 Å². The summed E-state index contributed by atoms with van der Waals surface area (Å²) >= 11 is 1.72. The summed E-state index contributed by atoms with van der Waals surface area (Å²) in [7, 11) is 0. The van der Waals surface area contributed by atoms with Gasteiger partial charge < -0.3 is 9.80 Å². The molecule has 0 atom stereocenters. The monoisotopic (exact) mass is 456 g/mol. The molecule has 176 valence electrons. The highest BCUT2D eigenvalue weighted by atomic mass is 32.1. The largest absolute Gasteiger partial charge is 0.333 e. The van der Waals surface area contributed by atoms with Crippen molar-refractivity contribution in [2.75, 3.05) is 13.1 Å². The number of carbonyl (C=O) groups is 2. The van der Waals surface area contributed by atoms with Gasteiger partial charge in [0.05, 0.1) is 13.1 Å². The number of hydrogen-bond acceptors (Lipinski definition) is 3. The molecule has 0 aliphatic rings. The average molecular weight is 457 g/mol. The van der Waals surface area contributed by atoms with Gasteiger partial charge in [-0.15, -0.1) is 11.3 Å². The van der Waals surface area contributed by atoms with E-state index in [1.54, 1.807) is 16.2 Å². The summed E-state index contributed by atoms with van der Waals surface area (Å²) in [5.41, 5.74) is 1.11. The molecule has 5 heteroatoms. The lowest BCUT2D eigenvalue weighted by molar-refractivity contribution is -0.141. The van der Waals surface area contributed by atoms with Crippen molar-refractivity contribution >= 4 is 23.2 Å². The lowest BCUT2D eigenvalue weighted by atomic mass is 10.1. The van der Waals surface area contributed by atoms with Crippen LogP contribution in [0.2, 0.25) is 0 Å². The second-order valence-corrected chi connectivity index (χ2v) is 9.95. The van der Waals surface area contributed by atoms with Gasteiger partial charge in [0.1, 0.15) is 0 Å². The predicted octanol–water partition coefficient (Wildman–Crippen LogP) is 6.57. The van der Waals surface area contributed by atoms with Crippen LogP contribution in [-0.4, -0.2) is 34.7 Å². The molecule has 0 bridgehead atoms. The minimum atomic E-state index is 0.0182. The maximum absolute atomic E-state index is 13.3. The molecule has 4 nitrogen and oxygen atoms in total. The second-order valence-electron chi connectivity index (χ2n) is 8.58. The fraction of sp³-hybridized carbons (Fsp3) is 0.556. The predicted molar refractivity (Wildman–Crippen MR) is 135 cm³/mol. The van der Waals surface area contributed by atoms with Crippen LogP contribution in [0.1, 0.15) is 80.5 Å². The Morgan fingerprint density at radius 2 is 1.50 bits per heavy atom. The van der Waals surface area contributed by atoms with Crippen LogP contribution in [0.25, 0.3) is 0 Å². The zero-order chi connectivity index (χ0) is 23.2. The van der Waals surface area contributed by atoms with Gasteiger partial charge in [0.2, 0.25) is 11.8 Å². The van der Waals surface area contributed by atoms with Crippen molar-refractivity contribution in [2.45, 2.75) is 85.2 Å². The third-order valence-corrected chi connectivity index (χ3v) is 6.61. The van der Waals surface area contributed by atoms with E-state index in [0.29, 0.717) is 26.1 Å². The normalized spacial score (nSPS) is 10.8. The van der Waals surface area contributed by atoms with Crippen molar-refractivity contribution in [3.63, 3.8) is 0 Å². The molecule has 0 N–H and O–H groups in total. The zero-order valence-corrected chi connectivity index (χ0v) is 21.0.